The maximum absolute atomic E-state index is 11.4. The summed E-state index contributed by atoms with van der Waals surface area (Å²) in [4.78, 5) is 5.14. The van der Waals surface area contributed by atoms with Gasteiger partial charge in [0, 0.05) is 76.9 Å². The topological polar surface area (TPSA) is 179 Å². The van der Waals surface area contributed by atoms with Gasteiger partial charge in [-0.2, -0.15) is 13.0 Å². The minimum Gasteiger partial charge on any atom is -0.748 e. The van der Waals surface area contributed by atoms with Gasteiger partial charge in [0.05, 0.1) is 21.3 Å². The van der Waals surface area contributed by atoms with Crippen molar-refractivity contribution in [1.29, 1.82) is 0 Å². The zero-order chi connectivity index (χ0) is 39.1. The number of azide groups is 1. The van der Waals surface area contributed by atoms with Crippen molar-refractivity contribution in [2.24, 2.45) is 5.11 Å². The van der Waals surface area contributed by atoms with Crippen molar-refractivity contribution >= 4 is 37.3 Å². The summed E-state index contributed by atoms with van der Waals surface area (Å²) >= 11 is 0. The molecule has 3 aliphatic rings. The van der Waals surface area contributed by atoms with Crippen LogP contribution in [-0.2, 0) is 31.1 Å². The fraction of sp³-hybridized carbons (Fsp3) is 0.475. The van der Waals surface area contributed by atoms with Gasteiger partial charge in [0.25, 0.3) is 10.1 Å². The average molecular weight is 777 g/mol. The maximum atomic E-state index is 11.4. The van der Waals surface area contributed by atoms with Crippen molar-refractivity contribution in [3.63, 3.8) is 0 Å². The summed E-state index contributed by atoms with van der Waals surface area (Å²) in [5.74, 6) is -0.643. The number of unbranched alkanes of at least 4 members (excludes halogenated alkanes) is 2. The predicted molar refractivity (Wildman–Crippen MR) is 214 cm³/mol. The Bertz CT molecular complexity index is 2160. The van der Waals surface area contributed by atoms with E-state index in [1.54, 1.807) is 0 Å². The second-order valence-electron chi connectivity index (χ2n) is 15.1. The largest absolute Gasteiger partial charge is 0.748 e. The van der Waals surface area contributed by atoms with Gasteiger partial charge in [-0.05, 0) is 86.8 Å². The van der Waals surface area contributed by atoms with Crippen LogP contribution in [0.5, 0.6) is 0 Å². The van der Waals surface area contributed by atoms with E-state index in [9.17, 15) is 25.9 Å². The van der Waals surface area contributed by atoms with Crippen LogP contribution < -0.4 is 10.2 Å². The quantitative estimate of drug-likeness (QED) is 0.0389. The zero-order valence-corrected chi connectivity index (χ0v) is 33.3. The first-order valence-electron chi connectivity index (χ1n) is 18.6. The number of nitrogens with one attached hydrogen (secondary N) is 1. The second kappa shape index (κ2) is 17.1. The summed E-state index contributed by atoms with van der Waals surface area (Å²) < 4.78 is 68.1. The molecule has 2 N–H and O–H groups in total. The Balaban J connectivity index is 1.49. The molecule has 0 aromatic heterocycles. The summed E-state index contributed by atoms with van der Waals surface area (Å²) in [6.07, 6.45) is 12.8. The van der Waals surface area contributed by atoms with Crippen LogP contribution in [0.25, 0.3) is 10.4 Å². The van der Waals surface area contributed by atoms with E-state index in [0.29, 0.717) is 58.3 Å². The molecular formula is C40H52N6O6S2. The first-order valence-corrected chi connectivity index (χ1v) is 21.8. The number of nitrogens with zero attached hydrogens (tertiary/aromatic N) is 5. The number of hydrogen-bond acceptors (Lipinski definition) is 8. The van der Waals surface area contributed by atoms with Crippen LogP contribution in [0.1, 0.15) is 83.8 Å². The van der Waals surface area contributed by atoms with Crippen LogP contribution in [0.2, 0.25) is 0 Å². The van der Waals surface area contributed by atoms with E-state index >= 15 is 0 Å². The summed E-state index contributed by atoms with van der Waals surface area (Å²) in [5, 5.41) is 7.35. The zero-order valence-electron chi connectivity index (χ0n) is 31.7. The molecule has 0 atom stereocenters. The minimum absolute atomic E-state index is 0.267. The standard InChI is InChI=1S/C40H52N6O6S2/c1-39(2)32-14-5-7-16-34(32)45(26-9-11-28-53(47,48)49)36(39)22-20-30-18-19-31(38(30)42-24-13-25-43-44-41)21-23-37-40(3,4)33-15-6-8-17-35(33)46(37)27-10-12-29-54(50,51)52/h5-8,14-17,20-23H,9-13,18-19,24-29H2,1-4H3,(H2,47,48,49,50,51,52)/b30-20+,36-22-. The number of rotatable bonds is 18. The number of fused-ring (bicyclic) bond motifs is 2. The van der Waals surface area contributed by atoms with Gasteiger partial charge in [-0.1, -0.05) is 67.5 Å². The summed E-state index contributed by atoms with van der Waals surface area (Å²) in [6.45, 7) is 11.0. The lowest BCUT2D eigenvalue weighted by molar-refractivity contribution is -0.438. The molecule has 0 radical (unpaired) electrons. The van der Waals surface area contributed by atoms with Crippen LogP contribution >= 0.6 is 0 Å². The first-order chi connectivity index (χ1) is 25.5. The average Bonchev–Trinajstić information content (AvgIpc) is 3.66. The molecule has 0 saturated carbocycles. The molecule has 0 spiro atoms. The number of allylic oxidation sites excluding steroid dienone is 7. The van der Waals surface area contributed by atoms with Crippen molar-refractivity contribution in [2.45, 2.75) is 83.5 Å². The molecule has 290 valence electrons. The lowest BCUT2D eigenvalue weighted by atomic mass is 9.81. The van der Waals surface area contributed by atoms with Crippen molar-refractivity contribution in [3.8, 4) is 0 Å². The van der Waals surface area contributed by atoms with Crippen LogP contribution in [-0.4, -0.2) is 73.9 Å². The van der Waals surface area contributed by atoms with E-state index in [1.807, 2.05) is 24.3 Å². The maximum Gasteiger partial charge on any atom is 0.264 e. The third-order valence-electron chi connectivity index (χ3n) is 10.6. The van der Waals surface area contributed by atoms with Gasteiger partial charge in [-0.3, -0.25) is 4.55 Å². The molecule has 14 heteroatoms. The van der Waals surface area contributed by atoms with Gasteiger partial charge in [0.2, 0.25) is 5.69 Å². The van der Waals surface area contributed by atoms with Crippen molar-refractivity contribution in [1.82, 2.24) is 5.32 Å². The Morgan fingerprint density at radius 2 is 1.61 bits per heavy atom. The van der Waals surface area contributed by atoms with Crippen LogP contribution in [0.4, 0.5) is 11.4 Å². The third kappa shape index (κ3) is 9.72. The van der Waals surface area contributed by atoms with E-state index in [-0.39, 0.29) is 22.3 Å². The van der Waals surface area contributed by atoms with Gasteiger partial charge in [-0.25, -0.2) is 8.42 Å². The summed E-state index contributed by atoms with van der Waals surface area (Å²) in [7, 11) is -8.30. The number of benzene rings is 2. The van der Waals surface area contributed by atoms with E-state index in [0.717, 1.165) is 52.5 Å². The fourth-order valence-corrected chi connectivity index (χ4v) is 9.05. The second-order valence-corrected chi connectivity index (χ2v) is 18.2. The normalized spacial score (nSPS) is 19.3. The Labute approximate surface area is 320 Å². The predicted octanol–water partition coefficient (Wildman–Crippen LogP) is 7.56. The fourth-order valence-electron chi connectivity index (χ4n) is 7.92. The molecule has 1 aliphatic carbocycles. The van der Waals surface area contributed by atoms with Gasteiger partial charge < -0.3 is 14.8 Å². The SMILES string of the molecule is CC1(C)C(/C=C/C2=C(NCCCN=[N+]=[N-])C(=C/C=C3\N(CCCCS(=O)(=O)[O-])c4ccccc4C3(C)C)/CC2)=[N+](CCCCS(=O)(=O)O)c2ccccc21. The number of para-hydroxylation sites is 2. The minimum atomic E-state index is -4.27. The number of anilines is 1. The monoisotopic (exact) mass is 776 g/mol. The Kier molecular flexibility index (Phi) is 13.0. The Morgan fingerprint density at radius 3 is 2.33 bits per heavy atom. The van der Waals surface area contributed by atoms with E-state index < -0.39 is 20.2 Å². The molecule has 12 nitrogen and oxygen atoms in total. The number of hydrogen-bond donors (Lipinski definition) is 2. The summed E-state index contributed by atoms with van der Waals surface area (Å²) in [6, 6.07) is 16.5. The molecule has 2 aromatic carbocycles. The van der Waals surface area contributed by atoms with E-state index in [2.05, 4.69) is 101 Å². The molecule has 0 bridgehead atoms. The van der Waals surface area contributed by atoms with Gasteiger partial charge in [-0.15, -0.1) is 0 Å². The molecule has 5 rings (SSSR count). The Hall–Kier alpha value is -4.20. The highest BCUT2D eigenvalue weighted by molar-refractivity contribution is 7.85. The highest BCUT2D eigenvalue weighted by Crippen LogP contribution is 2.48. The Morgan fingerprint density at radius 1 is 0.907 bits per heavy atom. The lowest BCUT2D eigenvalue weighted by Gasteiger charge is -2.27. The van der Waals surface area contributed by atoms with Crippen LogP contribution in [0, 0.1) is 0 Å². The summed E-state index contributed by atoms with van der Waals surface area (Å²) in [5.41, 5.74) is 18.3. The van der Waals surface area contributed by atoms with Gasteiger partial charge in [0.1, 0.15) is 6.54 Å². The molecular weight excluding hydrogens is 725 g/mol. The van der Waals surface area contributed by atoms with Crippen molar-refractivity contribution < 1.29 is 30.5 Å². The van der Waals surface area contributed by atoms with Crippen LogP contribution in [0.3, 0.4) is 0 Å². The molecule has 0 saturated heterocycles. The highest BCUT2D eigenvalue weighted by atomic mass is 32.2. The highest BCUT2D eigenvalue weighted by Gasteiger charge is 2.44. The smallest absolute Gasteiger partial charge is 0.264 e. The third-order valence-corrected chi connectivity index (χ3v) is 12.2. The van der Waals surface area contributed by atoms with Crippen molar-refractivity contribution in [3.05, 3.63) is 117 Å². The van der Waals surface area contributed by atoms with Gasteiger partial charge in [0.15, 0.2) is 5.71 Å². The molecule has 0 fully saturated rings. The molecule has 54 heavy (non-hydrogen) atoms. The van der Waals surface area contributed by atoms with E-state index in [1.165, 1.54) is 11.1 Å². The van der Waals surface area contributed by atoms with Crippen LogP contribution in [0.15, 0.2) is 100 Å². The van der Waals surface area contributed by atoms with Gasteiger partial charge >= 0.3 is 0 Å². The lowest BCUT2D eigenvalue weighted by Crippen LogP contribution is -2.28. The molecule has 2 heterocycles. The first kappa shape index (κ1) is 41.0. The molecule has 0 unspecified atom stereocenters. The molecule has 2 aromatic rings. The molecule has 2 aliphatic heterocycles. The van der Waals surface area contributed by atoms with Crippen molar-refractivity contribution in [2.75, 3.05) is 42.6 Å². The molecule has 0 amide bonds. The van der Waals surface area contributed by atoms with E-state index in [4.69, 9.17) is 5.53 Å².